The molecule has 2 rings (SSSR count). The van der Waals surface area contributed by atoms with Crippen LogP contribution >= 0.6 is 11.8 Å². The molecule has 1 aliphatic heterocycles. The number of benzene rings is 1. The zero-order valence-corrected chi connectivity index (χ0v) is 11.4. The summed E-state index contributed by atoms with van der Waals surface area (Å²) in [6, 6.07) is 9.55. The second-order valence-electron chi connectivity index (χ2n) is 4.42. The Bertz CT molecular complexity index is 669. The van der Waals surface area contributed by atoms with Gasteiger partial charge in [-0.05, 0) is 5.56 Å². The molecule has 0 aliphatic carbocycles. The van der Waals surface area contributed by atoms with Crippen LogP contribution in [0.5, 0.6) is 0 Å². The number of hydrogen-bond acceptors (Lipinski definition) is 7. The summed E-state index contributed by atoms with van der Waals surface area (Å²) in [4.78, 5) is 10.1. The first-order chi connectivity index (χ1) is 9.99. The molecule has 1 heterocycles. The molecule has 1 aliphatic rings. The van der Waals surface area contributed by atoms with Crippen molar-refractivity contribution in [3.8, 4) is 12.1 Å². The highest BCUT2D eigenvalue weighted by atomic mass is 32.2. The summed E-state index contributed by atoms with van der Waals surface area (Å²) >= 11 is 0.826. The van der Waals surface area contributed by atoms with Crippen molar-refractivity contribution in [2.45, 2.75) is 5.92 Å². The highest BCUT2D eigenvalue weighted by molar-refractivity contribution is 8.26. The van der Waals surface area contributed by atoms with Crippen molar-refractivity contribution in [2.75, 3.05) is 0 Å². The Labute approximate surface area is 124 Å². The first-order valence-electron chi connectivity index (χ1n) is 5.88. The van der Waals surface area contributed by atoms with E-state index in [1.807, 2.05) is 12.1 Å². The molecule has 0 bridgehead atoms. The average Bonchev–Trinajstić information content (AvgIpc) is 2.46. The van der Waals surface area contributed by atoms with Crippen molar-refractivity contribution >= 4 is 27.5 Å². The van der Waals surface area contributed by atoms with Crippen LogP contribution in [0.2, 0.25) is 0 Å². The van der Waals surface area contributed by atoms with E-state index in [0.29, 0.717) is 5.56 Å². The van der Waals surface area contributed by atoms with Gasteiger partial charge in [-0.1, -0.05) is 23.9 Å². The summed E-state index contributed by atoms with van der Waals surface area (Å²) in [6.45, 7) is 0. The highest BCUT2D eigenvalue weighted by Gasteiger charge is 2.42. The van der Waals surface area contributed by atoms with Gasteiger partial charge in [0.25, 0.3) is 5.69 Å². The van der Waals surface area contributed by atoms with Gasteiger partial charge in [0.2, 0.25) is 0 Å². The van der Waals surface area contributed by atoms with E-state index < -0.39 is 22.7 Å². The SMILES string of the molecule is N#CC1C(=N)SC(=N)C(C#N)C1c1ccc([N+](=O)[O-])cc1. The highest BCUT2D eigenvalue weighted by Crippen LogP contribution is 2.42. The average molecular weight is 299 g/mol. The molecule has 2 atom stereocenters. The maximum atomic E-state index is 10.7. The minimum atomic E-state index is -0.824. The molecule has 0 amide bonds. The summed E-state index contributed by atoms with van der Waals surface area (Å²) in [5, 5.41) is 44.8. The lowest BCUT2D eigenvalue weighted by atomic mass is 9.78. The van der Waals surface area contributed by atoms with Crippen molar-refractivity contribution in [2.24, 2.45) is 11.8 Å². The molecular formula is C13H9N5O2S. The Morgan fingerprint density at radius 1 is 1.10 bits per heavy atom. The standard InChI is InChI=1S/C13H9N5O2S/c14-5-9-11(10(6-15)13(17)21-12(9)16)7-1-3-8(4-2-7)18(19)20/h1-4,9-11,16-17H. The minimum absolute atomic E-state index is 0.0253. The van der Waals surface area contributed by atoms with Crippen LogP contribution in [0.15, 0.2) is 24.3 Å². The van der Waals surface area contributed by atoms with Crippen LogP contribution in [-0.2, 0) is 0 Å². The number of thioether (sulfide) groups is 1. The number of non-ortho nitro benzene ring substituents is 1. The van der Waals surface area contributed by atoms with Crippen molar-refractivity contribution < 1.29 is 4.92 Å². The van der Waals surface area contributed by atoms with E-state index in [1.54, 1.807) is 0 Å². The third kappa shape index (κ3) is 2.62. The summed E-state index contributed by atoms with van der Waals surface area (Å²) < 4.78 is 0. The Hall–Kier alpha value is -2.71. The molecule has 0 spiro atoms. The number of nitrogens with zero attached hydrogens (tertiary/aromatic N) is 3. The zero-order valence-electron chi connectivity index (χ0n) is 10.6. The third-order valence-electron chi connectivity index (χ3n) is 3.27. The second kappa shape index (κ2) is 5.73. The molecule has 1 saturated heterocycles. The largest absolute Gasteiger partial charge is 0.297 e. The summed E-state index contributed by atoms with van der Waals surface area (Å²) in [7, 11) is 0. The third-order valence-corrected chi connectivity index (χ3v) is 4.22. The van der Waals surface area contributed by atoms with Gasteiger partial charge in [0.1, 0.15) is 11.8 Å². The van der Waals surface area contributed by atoms with E-state index in [1.165, 1.54) is 24.3 Å². The van der Waals surface area contributed by atoms with Gasteiger partial charge in [0.05, 0.1) is 27.1 Å². The molecule has 1 fully saturated rings. The summed E-state index contributed by atoms with van der Waals surface area (Å²) in [5.74, 6) is -2.30. The lowest BCUT2D eigenvalue weighted by Crippen LogP contribution is -2.34. The van der Waals surface area contributed by atoms with Crippen molar-refractivity contribution in [3.05, 3.63) is 39.9 Å². The van der Waals surface area contributed by atoms with Crippen molar-refractivity contribution in [1.82, 2.24) is 0 Å². The topological polar surface area (TPSA) is 138 Å². The van der Waals surface area contributed by atoms with Gasteiger partial charge in [-0.3, -0.25) is 20.9 Å². The Morgan fingerprint density at radius 2 is 1.57 bits per heavy atom. The van der Waals surface area contributed by atoms with Crippen LogP contribution in [0.4, 0.5) is 5.69 Å². The van der Waals surface area contributed by atoms with Crippen LogP contribution in [0.3, 0.4) is 0 Å². The van der Waals surface area contributed by atoms with E-state index in [2.05, 4.69) is 0 Å². The van der Waals surface area contributed by atoms with Gasteiger partial charge in [0.15, 0.2) is 0 Å². The quantitative estimate of drug-likeness (QED) is 0.638. The Kier molecular flexibility index (Phi) is 4.01. The normalized spacial score (nSPS) is 25.0. The predicted molar refractivity (Wildman–Crippen MR) is 77.1 cm³/mol. The summed E-state index contributed by atoms with van der Waals surface area (Å²) in [6.07, 6.45) is 0. The smallest absolute Gasteiger partial charge is 0.269 e. The van der Waals surface area contributed by atoms with Crippen LogP contribution in [0.25, 0.3) is 0 Å². The minimum Gasteiger partial charge on any atom is -0.297 e. The maximum Gasteiger partial charge on any atom is 0.269 e. The van der Waals surface area contributed by atoms with Gasteiger partial charge in [-0.2, -0.15) is 10.5 Å². The molecule has 2 N–H and O–H groups in total. The van der Waals surface area contributed by atoms with Gasteiger partial charge < -0.3 is 0 Å². The lowest BCUT2D eigenvalue weighted by molar-refractivity contribution is -0.384. The van der Waals surface area contributed by atoms with Gasteiger partial charge in [-0.25, -0.2) is 0 Å². The number of nitrogens with one attached hydrogen (secondary N) is 2. The fourth-order valence-corrected chi connectivity index (χ4v) is 3.13. The van der Waals surface area contributed by atoms with Crippen molar-refractivity contribution in [3.63, 3.8) is 0 Å². The van der Waals surface area contributed by atoms with E-state index in [9.17, 15) is 20.6 Å². The molecule has 7 nitrogen and oxygen atoms in total. The van der Waals surface area contributed by atoms with Crippen LogP contribution in [0.1, 0.15) is 11.5 Å². The van der Waals surface area contributed by atoms with Gasteiger partial charge in [0, 0.05) is 18.1 Å². The molecular weight excluding hydrogens is 290 g/mol. The van der Waals surface area contributed by atoms with Gasteiger partial charge in [-0.15, -0.1) is 0 Å². The molecule has 104 valence electrons. The number of nitro groups is 1. The molecule has 21 heavy (non-hydrogen) atoms. The zero-order chi connectivity index (χ0) is 15.6. The molecule has 0 radical (unpaired) electrons. The van der Waals surface area contributed by atoms with E-state index in [4.69, 9.17) is 10.8 Å². The number of hydrogen-bond donors (Lipinski definition) is 2. The Balaban J connectivity index is 2.48. The fourth-order valence-electron chi connectivity index (χ4n) is 2.25. The number of nitriles is 2. The number of nitro benzene ring substituents is 1. The summed E-state index contributed by atoms with van der Waals surface area (Å²) in [5.41, 5.74) is 0.463. The van der Waals surface area contributed by atoms with Gasteiger partial charge >= 0.3 is 0 Å². The molecule has 0 saturated carbocycles. The first-order valence-corrected chi connectivity index (χ1v) is 6.69. The molecule has 2 unspecified atom stereocenters. The second-order valence-corrected chi connectivity index (χ2v) is 5.50. The molecule has 8 heteroatoms. The number of rotatable bonds is 2. The van der Waals surface area contributed by atoms with Crippen LogP contribution in [-0.4, -0.2) is 15.0 Å². The van der Waals surface area contributed by atoms with E-state index in [-0.39, 0.29) is 15.8 Å². The fraction of sp³-hybridized carbons (Fsp3) is 0.231. The Morgan fingerprint density at radius 3 is 1.95 bits per heavy atom. The molecule has 0 aromatic heterocycles. The van der Waals surface area contributed by atoms with Crippen LogP contribution in [0, 0.1) is 55.4 Å². The maximum absolute atomic E-state index is 10.7. The van der Waals surface area contributed by atoms with Crippen LogP contribution < -0.4 is 0 Å². The van der Waals surface area contributed by atoms with Crippen molar-refractivity contribution in [1.29, 1.82) is 21.3 Å². The first kappa shape index (κ1) is 14.7. The molecule has 1 aromatic carbocycles. The molecule has 1 aromatic rings. The predicted octanol–water partition coefficient (Wildman–Crippen LogP) is 2.66. The van der Waals surface area contributed by atoms with E-state index in [0.717, 1.165) is 11.8 Å². The van der Waals surface area contributed by atoms with E-state index >= 15 is 0 Å². The lowest BCUT2D eigenvalue weighted by Gasteiger charge is -2.31. The monoisotopic (exact) mass is 299 g/mol.